The number of allylic oxidation sites excluding steroid dienone is 2. The predicted molar refractivity (Wildman–Crippen MR) is 52.2 cm³/mol. The van der Waals surface area contributed by atoms with Gasteiger partial charge in [-0.3, -0.25) is 9.59 Å². The molecule has 0 aromatic carbocycles. The van der Waals surface area contributed by atoms with Gasteiger partial charge in [0.05, 0.1) is 11.8 Å². The molecule has 0 amide bonds. The van der Waals surface area contributed by atoms with Gasteiger partial charge in [-0.2, -0.15) is 0 Å². The average Bonchev–Trinajstić information content (AvgIpc) is 2.16. The third kappa shape index (κ3) is 1.35. The minimum absolute atomic E-state index is 0.106. The predicted octanol–water partition coefficient (Wildman–Crippen LogP) is 1.37. The van der Waals surface area contributed by atoms with Crippen molar-refractivity contribution in [1.82, 2.24) is 0 Å². The lowest BCUT2D eigenvalue weighted by molar-refractivity contribution is -0.164. The van der Waals surface area contributed by atoms with E-state index < -0.39 is 29.2 Å². The zero-order valence-electron chi connectivity index (χ0n) is 8.51. The van der Waals surface area contributed by atoms with Crippen molar-refractivity contribution >= 4 is 11.9 Å². The molecule has 0 heterocycles. The minimum Gasteiger partial charge on any atom is -0.481 e. The summed E-state index contributed by atoms with van der Waals surface area (Å²) in [6.07, 6.45) is 5.32. The van der Waals surface area contributed by atoms with E-state index in [2.05, 4.69) is 0 Å². The van der Waals surface area contributed by atoms with E-state index in [0.717, 1.165) is 12.8 Å². The van der Waals surface area contributed by atoms with Gasteiger partial charge in [-0.25, -0.2) is 0 Å². The molecule has 4 heteroatoms. The molecule has 2 N–H and O–H groups in total. The molecule has 0 spiro atoms. The van der Waals surface area contributed by atoms with E-state index in [1.807, 2.05) is 19.1 Å². The monoisotopic (exact) mass is 210 g/mol. The van der Waals surface area contributed by atoms with Crippen LogP contribution < -0.4 is 0 Å². The van der Waals surface area contributed by atoms with E-state index in [0.29, 0.717) is 0 Å². The first-order valence-electron chi connectivity index (χ1n) is 5.11. The van der Waals surface area contributed by atoms with Crippen molar-refractivity contribution in [2.24, 2.45) is 23.2 Å². The third-order valence-electron chi connectivity index (χ3n) is 3.82. The zero-order chi connectivity index (χ0) is 11.2. The highest BCUT2D eigenvalue weighted by molar-refractivity contribution is 5.82. The summed E-state index contributed by atoms with van der Waals surface area (Å²) in [5, 5.41) is 18.2. The van der Waals surface area contributed by atoms with Gasteiger partial charge in [-0.1, -0.05) is 19.1 Å². The maximum absolute atomic E-state index is 11.2. The van der Waals surface area contributed by atoms with E-state index in [9.17, 15) is 9.59 Å². The van der Waals surface area contributed by atoms with Gasteiger partial charge in [-0.15, -0.1) is 0 Å². The first kappa shape index (κ1) is 10.2. The summed E-state index contributed by atoms with van der Waals surface area (Å²) in [4.78, 5) is 22.3. The molecular formula is C11H14O4. The summed E-state index contributed by atoms with van der Waals surface area (Å²) >= 11 is 0. The number of hydrogen-bond acceptors (Lipinski definition) is 2. The molecule has 1 fully saturated rings. The average molecular weight is 210 g/mol. The first-order valence-corrected chi connectivity index (χ1v) is 5.11. The zero-order valence-corrected chi connectivity index (χ0v) is 8.51. The molecule has 2 bridgehead atoms. The highest BCUT2D eigenvalue weighted by Crippen LogP contribution is 2.52. The van der Waals surface area contributed by atoms with Crippen LogP contribution in [0.3, 0.4) is 0 Å². The Morgan fingerprint density at radius 3 is 2.33 bits per heavy atom. The molecule has 3 aliphatic carbocycles. The van der Waals surface area contributed by atoms with Gasteiger partial charge in [0.2, 0.25) is 0 Å². The fraction of sp³-hybridized carbons (Fsp3) is 0.636. The van der Waals surface area contributed by atoms with Crippen LogP contribution in [-0.2, 0) is 9.59 Å². The fourth-order valence-electron chi connectivity index (χ4n) is 2.98. The van der Waals surface area contributed by atoms with Crippen molar-refractivity contribution in [1.29, 1.82) is 0 Å². The van der Waals surface area contributed by atoms with Crippen LogP contribution >= 0.6 is 0 Å². The molecule has 0 saturated heterocycles. The molecule has 3 rings (SSSR count). The summed E-state index contributed by atoms with van der Waals surface area (Å²) < 4.78 is 0. The van der Waals surface area contributed by atoms with Crippen LogP contribution in [0.15, 0.2) is 12.2 Å². The van der Waals surface area contributed by atoms with Gasteiger partial charge in [0.25, 0.3) is 0 Å². The molecule has 3 aliphatic rings. The largest absolute Gasteiger partial charge is 0.481 e. The number of rotatable bonds is 2. The lowest BCUT2D eigenvalue weighted by Gasteiger charge is -2.47. The van der Waals surface area contributed by atoms with Crippen LogP contribution in [0.4, 0.5) is 0 Å². The molecule has 0 aromatic heterocycles. The number of carboxylic acid groups (broad SMARTS) is 2. The van der Waals surface area contributed by atoms with Gasteiger partial charge < -0.3 is 10.2 Å². The second kappa shape index (κ2) is 3.08. The van der Waals surface area contributed by atoms with Crippen LogP contribution in [0.5, 0.6) is 0 Å². The van der Waals surface area contributed by atoms with Crippen LogP contribution in [0.1, 0.15) is 19.8 Å². The Morgan fingerprint density at radius 2 is 2.00 bits per heavy atom. The van der Waals surface area contributed by atoms with E-state index in [1.54, 1.807) is 0 Å². The van der Waals surface area contributed by atoms with Crippen LogP contribution in [0.2, 0.25) is 0 Å². The second-order valence-electron chi connectivity index (χ2n) is 4.75. The Labute approximate surface area is 87.6 Å². The van der Waals surface area contributed by atoms with Gasteiger partial charge in [0, 0.05) is 0 Å². The summed E-state index contributed by atoms with van der Waals surface area (Å²) in [5.74, 6) is -3.61. The second-order valence-corrected chi connectivity index (χ2v) is 4.75. The standard InChI is InChI=1S/C11H14O4/c1-11-4-2-6(3-5-11)7(9(12)13)8(11)10(14)15/h2,4,6-8H,3,5H2,1H3,(H,12,13)(H,14,15). The van der Waals surface area contributed by atoms with E-state index >= 15 is 0 Å². The van der Waals surface area contributed by atoms with Crippen LogP contribution in [-0.4, -0.2) is 22.2 Å². The fourth-order valence-corrected chi connectivity index (χ4v) is 2.98. The molecule has 4 atom stereocenters. The smallest absolute Gasteiger partial charge is 0.308 e. The lowest BCUT2D eigenvalue weighted by Crippen LogP contribution is -2.50. The number of carbonyl (C=O) groups is 2. The Hall–Kier alpha value is -1.32. The quantitative estimate of drug-likeness (QED) is 0.675. The maximum atomic E-state index is 11.2. The highest BCUT2D eigenvalue weighted by atomic mass is 16.4. The van der Waals surface area contributed by atoms with E-state index in [4.69, 9.17) is 10.2 Å². The van der Waals surface area contributed by atoms with E-state index in [1.165, 1.54) is 0 Å². The summed E-state index contributed by atoms with van der Waals surface area (Å²) in [6, 6.07) is 0. The molecule has 15 heavy (non-hydrogen) atoms. The van der Waals surface area contributed by atoms with Crippen molar-refractivity contribution in [2.75, 3.05) is 0 Å². The van der Waals surface area contributed by atoms with E-state index in [-0.39, 0.29) is 5.92 Å². The molecule has 4 unspecified atom stereocenters. The SMILES string of the molecule is CC12C=CC(CC1)C(C(=O)O)C2C(=O)O. The van der Waals surface area contributed by atoms with Gasteiger partial charge in [0.1, 0.15) is 0 Å². The molecule has 0 aliphatic heterocycles. The summed E-state index contributed by atoms with van der Waals surface area (Å²) in [7, 11) is 0. The maximum Gasteiger partial charge on any atom is 0.308 e. The Bertz CT molecular complexity index is 346. The number of carboxylic acids is 2. The lowest BCUT2D eigenvalue weighted by atomic mass is 9.55. The molecular weight excluding hydrogens is 196 g/mol. The van der Waals surface area contributed by atoms with Crippen molar-refractivity contribution in [2.45, 2.75) is 19.8 Å². The normalized spacial score (nSPS) is 42.9. The van der Waals surface area contributed by atoms with Crippen molar-refractivity contribution in [3.8, 4) is 0 Å². The minimum atomic E-state index is -0.987. The Balaban J connectivity index is 2.44. The number of aliphatic carboxylic acids is 2. The topological polar surface area (TPSA) is 74.6 Å². The van der Waals surface area contributed by atoms with Crippen LogP contribution in [0, 0.1) is 23.2 Å². The number of fused-ring (bicyclic) bond motifs is 2. The molecule has 82 valence electrons. The van der Waals surface area contributed by atoms with Crippen molar-refractivity contribution in [3.05, 3.63) is 12.2 Å². The third-order valence-corrected chi connectivity index (χ3v) is 3.82. The van der Waals surface area contributed by atoms with Gasteiger partial charge in [-0.05, 0) is 24.2 Å². The molecule has 1 saturated carbocycles. The number of hydrogen-bond donors (Lipinski definition) is 2. The van der Waals surface area contributed by atoms with Crippen molar-refractivity contribution < 1.29 is 19.8 Å². The van der Waals surface area contributed by atoms with Crippen molar-refractivity contribution in [3.63, 3.8) is 0 Å². The van der Waals surface area contributed by atoms with Gasteiger partial charge in [0.15, 0.2) is 0 Å². The summed E-state index contributed by atoms with van der Waals surface area (Å²) in [6.45, 7) is 1.84. The Morgan fingerprint density at radius 1 is 1.33 bits per heavy atom. The highest BCUT2D eigenvalue weighted by Gasteiger charge is 2.54. The van der Waals surface area contributed by atoms with Crippen LogP contribution in [0.25, 0.3) is 0 Å². The molecule has 4 nitrogen and oxygen atoms in total. The molecule has 0 aromatic rings. The molecule has 0 radical (unpaired) electrons. The Kier molecular flexibility index (Phi) is 2.10. The first-order chi connectivity index (χ1) is 6.96. The van der Waals surface area contributed by atoms with Gasteiger partial charge >= 0.3 is 11.9 Å². The summed E-state index contributed by atoms with van der Waals surface area (Å²) in [5.41, 5.74) is -0.482.